The SMILES string of the molecule is CC(C)NCc1nnc(-c2ccnc3ccccc23)s1. The highest BCUT2D eigenvalue weighted by Crippen LogP contribution is 2.29. The van der Waals surface area contributed by atoms with E-state index < -0.39 is 0 Å². The molecule has 4 nitrogen and oxygen atoms in total. The zero-order valence-corrected chi connectivity index (χ0v) is 12.3. The second-order valence-electron chi connectivity index (χ2n) is 4.91. The van der Waals surface area contributed by atoms with Gasteiger partial charge in [0.2, 0.25) is 0 Å². The summed E-state index contributed by atoms with van der Waals surface area (Å²) in [6, 6.07) is 10.6. The van der Waals surface area contributed by atoms with Crippen molar-refractivity contribution < 1.29 is 0 Å². The first-order valence-corrected chi connectivity index (χ1v) is 7.45. The lowest BCUT2D eigenvalue weighted by Gasteiger charge is -2.04. The molecule has 0 unspecified atom stereocenters. The highest BCUT2D eigenvalue weighted by molar-refractivity contribution is 7.14. The summed E-state index contributed by atoms with van der Waals surface area (Å²) in [6.45, 7) is 5.01. The second-order valence-corrected chi connectivity index (χ2v) is 5.97. The zero-order valence-electron chi connectivity index (χ0n) is 11.5. The number of aromatic nitrogens is 3. The molecule has 0 bridgehead atoms. The Hall–Kier alpha value is -1.85. The van der Waals surface area contributed by atoms with E-state index in [0.717, 1.165) is 33.0 Å². The minimum atomic E-state index is 0.448. The molecule has 20 heavy (non-hydrogen) atoms. The Kier molecular flexibility index (Phi) is 3.71. The van der Waals surface area contributed by atoms with Gasteiger partial charge in [-0.05, 0) is 12.1 Å². The van der Waals surface area contributed by atoms with Crippen molar-refractivity contribution in [1.82, 2.24) is 20.5 Å². The van der Waals surface area contributed by atoms with Crippen LogP contribution in [-0.2, 0) is 6.54 Å². The third-order valence-electron chi connectivity index (χ3n) is 3.01. The molecule has 5 heteroatoms. The van der Waals surface area contributed by atoms with Gasteiger partial charge in [-0.25, -0.2) is 0 Å². The number of nitrogens with one attached hydrogen (secondary N) is 1. The maximum atomic E-state index is 4.38. The van der Waals surface area contributed by atoms with Gasteiger partial charge in [0.1, 0.15) is 10.0 Å². The Balaban J connectivity index is 1.95. The summed E-state index contributed by atoms with van der Waals surface area (Å²) in [7, 11) is 0. The van der Waals surface area contributed by atoms with Crippen molar-refractivity contribution in [3.63, 3.8) is 0 Å². The van der Waals surface area contributed by atoms with Gasteiger partial charge < -0.3 is 5.32 Å². The summed E-state index contributed by atoms with van der Waals surface area (Å²) in [5.41, 5.74) is 2.09. The summed E-state index contributed by atoms with van der Waals surface area (Å²) in [5.74, 6) is 0. The summed E-state index contributed by atoms with van der Waals surface area (Å²) in [6.07, 6.45) is 1.82. The average molecular weight is 284 g/mol. The molecular formula is C15H16N4S. The molecule has 0 amide bonds. The molecule has 0 saturated heterocycles. The zero-order chi connectivity index (χ0) is 13.9. The smallest absolute Gasteiger partial charge is 0.148 e. The van der Waals surface area contributed by atoms with Gasteiger partial charge in [0.05, 0.1) is 5.52 Å². The van der Waals surface area contributed by atoms with Crippen LogP contribution in [0.5, 0.6) is 0 Å². The number of para-hydroxylation sites is 1. The van der Waals surface area contributed by atoms with E-state index in [2.05, 4.69) is 40.4 Å². The monoisotopic (exact) mass is 284 g/mol. The van der Waals surface area contributed by atoms with E-state index in [1.165, 1.54) is 0 Å². The molecule has 3 rings (SSSR count). The number of nitrogens with zero attached hydrogens (tertiary/aromatic N) is 3. The van der Waals surface area contributed by atoms with Crippen LogP contribution in [0.2, 0.25) is 0 Å². The number of hydrogen-bond acceptors (Lipinski definition) is 5. The van der Waals surface area contributed by atoms with Crippen LogP contribution >= 0.6 is 11.3 Å². The predicted molar refractivity (Wildman–Crippen MR) is 82.6 cm³/mol. The van der Waals surface area contributed by atoms with Crippen molar-refractivity contribution in [3.8, 4) is 10.6 Å². The first kappa shape index (κ1) is 13.1. The van der Waals surface area contributed by atoms with Crippen molar-refractivity contribution in [2.24, 2.45) is 0 Å². The normalized spacial score (nSPS) is 11.3. The standard InChI is InChI=1S/C15H16N4S/c1-10(2)17-9-14-18-19-15(20-14)12-7-8-16-13-6-4-3-5-11(12)13/h3-8,10,17H,9H2,1-2H3. The fourth-order valence-electron chi connectivity index (χ4n) is 2.01. The lowest BCUT2D eigenvalue weighted by molar-refractivity contribution is 0.585. The van der Waals surface area contributed by atoms with Gasteiger partial charge in [0.25, 0.3) is 0 Å². The Morgan fingerprint density at radius 3 is 2.85 bits per heavy atom. The Morgan fingerprint density at radius 1 is 1.15 bits per heavy atom. The molecule has 0 aliphatic heterocycles. The van der Waals surface area contributed by atoms with Gasteiger partial charge in [-0.15, -0.1) is 10.2 Å². The summed E-state index contributed by atoms with van der Waals surface area (Å²) < 4.78 is 0. The van der Waals surface area contributed by atoms with E-state index >= 15 is 0 Å². The second kappa shape index (κ2) is 5.64. The van der Waals surface area contributed by atoms with Gasteiger partial charge in [0.15, 0.2) is 0 Å². The van der Waals surface area contributed by atoms with Crippen molar-refractivity contribution in [1.29, 1.82) is 0 Å². The van der Waals surface area contributed by atoms with Crippen LogP contribution in [0.3, 0.4) is 0 Å². The molecule has 1 N–H and O–H groups in total. The van der Waals surface area contributed by atoms with E-state index in [9.17, 15) is 0 Å². The van der Waals surface area contributed by atoms with Gasteiger partial charge >= 0.3 is 0 Å². The van der Waals surface area contributed by atoms with Crippen LogP contribution in [0.15, 0.2) is 36.5 Å². The van der Waals surface area contributed by atoms with Gasteiger partial charge in [-0.2, -0.15) is 0 Å². The van der Waals surface area contributed by atoms with Crippen LogP contribution < -0.4 is 5.32 Å². The Bertz CT molecular complexity index is 715. The average Bonchev–Trinajstić information content (AvgIpc) is 2.93. The number of rotatable bonds is 4. The first-order chi connectivity index (χ1) is 9.74. The van der Waals surface area contributed by atoms with Crippen molar-refractivity contribution in [2.75, 3.05) is 0 Å². The third-order valence-corrected chi connectivity index (χ3v) is 3.96. The number of hydrogen-bond donors (Lipinski definition) is 1. The molecule has 1 aromatic carbocycles. The molecule has 0 saturated carbocycles. The van der Waals surface area contributed by atoms with E-state index in [1.807, 2.05) is 30.5 Å². The molecule has 2 heterocycles. The van der Waals surface area contributed by atoms with Crippen LogP contribution in [0.4, 0.5) is 0 Å². The molecule has 0 radical (unpaired) electrons. The molecule has 2 aromatic heterocycles. The number of pyridine rings is 1. The van der Waals surface area contributed by atoms with Crippen LogP contribution in [0.1, 0.15) is 18.9 Å². The lowest BCUT2D eigenvalue weighted by Crippen LogP contribution is -2.21. The highest BCUT2D eigenvalue weighted by atomic mass is 32.1. The molecule has 0 aliphatic carbocycles. The fourth-order valence-corrected chi connectivity index (χ4v) is 2.84. The largest absolute Gasteiger partial charge is 0.308 e. The van der Waals surface area contributed by atoms with Crippen LogP contribution in [-0.4, -0.2) is 21.2 Å². The lowest BCUT2D eigenvalue weighted by atomic mass is 10.1. The topological polar surface area (TPSA) is 50.7 Å². The van der Waals surface area contributed by atoms with E-state index in [-0.39, 0.29) is 0 Å². The van der Waals surface area contributed by atoms with Crippen molar-refractivity contribution in [2.45, 2.75) is 26.4 Å². The molecule has 0 spiro atoms. The van der Waals surface area contributed by atoms with E-state index in [4.69, 9.17) is 0 Å². The molecular weight excluding hydrogens is 268 g/mol. The van der Waals surface area contributed by atoms with E-state index in [0.29, 0.717) is 6.04 Å². The molecule has 0 atom stereocenters. The fraction of sp³-hybridized carbons (Fsp3) is 0.267. The van der Waals surface area contributed by atoms with Gasteiger partial charge in [0, 0.05) is 29.7 Å². The number of fused-ring (bicyclic) bond motifs is 1. The van der Waals surface area contributed by atoms with Crippen LogP contribution in [0, 0.1) is 0 Å². The van der Waals surface area contributed by atoms with Gasteiger partial charge in [-0.3, -0.25) is 4.98 Å². The molecule has 0 fully saturated rings. The van der Waals surface area contributed by atoms with Crippen molar-refractivity contribution in [3.05, 3.63) is 41.5 Å². The third kappa shape index (κ3) is 2.69. The summed E-state index contributed by atoms with van der Waals surface area (Å²) in [4.78, 5) is 4.38. The van der Waals surface area contributed by atoms with Crippen molar-refractivity contribution >= 4 is 22.2 Å². The highest BCUT2D eigenvalue weighted by Gasteiger charge is 2.10. The minimum absolute atomic E-state index is 0.448. The summed E-state index contributed by atoms with van der Waals surface area (Å²) in [5, 5.41) is 15.0. The quantitative estimate of drug-likeness (QED) is 0.799. The maximum Gasteiger partial charge on any atom is 0.148 e. The first-order valence-electron chi connectivity index (χ1n) is 6.64. The maximum absolute atomic E-state index is 4.38. The van der Waals surface area contributed by atoms with Gasteiger partial charge in [-0.1, -0.05) is 43.4 Å². The Morgan fingerprint density at radius 2 is 2.00 bits per heavy atom. The molecule has 0 aliphatic rings. The minimum Gasteiger partial charge on any atom is -0.308 e. The molecule has 3 aromatic rings. The molecule has 102 valence electrons. The van der Waals surface area contributed by atoms with Crippen LogP contribution in [0.25, 0.3) is 21.5 Å². The Labute approximate surface area is 121 Å². The summed E-state index contributed by atoms with van der Waals surface area (Å²) >= 11 is 1.63. The predicted octanol–water partition coefficient (Wildman–Crippen LogP) is 3.25. The van der Waals surface area contributed by atoms with E-state index in [1.54, 1.807) is 11.3 Å². The number of benzene rings is 1.